The molecule has 21 heavy (non-hydrogen) atoms. The van der Waals surface area contributed by atoms with Crippen molar-refractivity contribution in [3.8, 4) is 11.8 Å². The second-order valence-corrected chi connectivity index (χ2v) is 4.66. The fourth-order valence-electron chi connectivity index (χ4n) is 1.93. The predicted molar refractivity (Wildman–Crippen MR) is 82.5 cm³/mol. The van der Waals surface area contributed by atoms with E-state index in [0.717, 1.165) is 11.1 Å². The van der Waals surface area contributed by atoms with E-state index in [9.17, 15) is 9.90 Å². The predicted octanol–water partition coefficient (Wildman–Crippen LogP) is 1.76. The van der Waals surface area contributed by atoms with E-state index in [1.807, 2.05) is 60.7 Å². The van der Waals surface area contributed by atoms with Crippen molar-refractivity contribution in [2.75, 3.05) is 6.61 Å². The van der Waals surface area contributed by atoms with Crippen molar-refractivity contribution in [1.82, 2.24) is 5.32 Å². The summed E-state index contributed by atoms with van der Waals surface area (Å²) in [6.45, 7) is -0.117. The van der Waals surface area contributed by atoms with E-state index >= 15 is 0 Å². The lowest BCUT2D eigenvalue weighted by Crippen LogP contribution is -2.38. The van der Waals surface area contributed by atoms with Gasteiger partial charge in [0.05, 0.1) is 12.6 Å². The fraction of sp³-hybridized carbons (Fsp3) is 0.167. The molecule has 0 bridgehead atoms. The Morgan fingerprint density at radius 3 is 2.29 bits per heavy atom. The van der Waals surface area contributed by atoms with Crippen molar-refractivity contribution in [2.24, 2.45) is 0 Å². The third-order valence-corrected chi connectivity index (χ3v) is 2.97. The van der Waals surface area contributed by atoms with Crippen LogP contribution in [0.4, 0.5) is 0 Å². The van der Waals surface area contributed by atoms with Gasteiger partial charge >= 0.3 is 0 Å². The summed E-state index contributed by atoms with van der Waals surface area (Å²) in [6.07, 6.45) is 0.579. The van der Waals surface area contributed by atoms with Gasteiger partial charge in [-0.2, -0.15) is 0 Å². The van der Waals surface area contributed by atoms with Gasteiger partial charge in [-0.3, -0.25) is 4.79 Å². The van der Waals surface area contributed by atoms with Crippen LogP contribution in [0.15, 0.2) is 60.7 Å². The average Bonchev–Trinajstić information content (AvgIpc) is 2.54. The largest absolute Gasteiger partial charge is 0.394 e. The van der Waals surface area contributed by atoms with E-state index in [0.29, 0.717) is 6.42 Å². The number of hydrogen-bond donors (Lipinski definition) is 2. The highest BCUT2D eigenvalue weighted by Crippen LogP contribution is 2.02. The van der Waals surface area contributed by atoms with Crippen molar-refractivity contribution in [2.45, 2.75) is 12.5 Å². The Kier molecular flexibility index (Phi) is 5.57. The van der Waals surface area contributed by atoms with Crippen LogP contribution in [0.3, 0.4) is 0 Å². The minimum Gasteiger partial charge on any atom is -0.394 e. The standard InChI is InChI=1S/C18H17NO2/c20-14-17(13-16-9-5-2-6-10-16)19-18(21)12-11-15-7-3-1-4-8-15/h1-10,17,20H,13-14H2,(H,19,21)/t17-/m1/s1. The number of carbonyl (C=O) groups excluding carboxylic acids is 1. The molecule has 3 heteroatoms. The fourth-order valence-corrected chi connectivity index (χ4v) is 1.93. The van der Waals surface area contributed by atoms with Crippen LogP contribution in [0.5, 0.6) is 0 Å². The smallest absolute Gasteiger partial charge is 0.296 e. The number of benzene rings is 2. The van der Waals surface area contributed by atoms with Gasteiger partial charge in [0.2, 0.25) is 0 Å². The minimum absolute atomic E-state index is 0.117. The first-order valence-corrected chi connectivity index (χ1v) is 6.80. The molecule has 1 amide bonds. The molecule has 0 aliphatic carbocycles. The Morgan fingerprint density at radius 1 is 1.05 bits per heavy atom. The maximum absolute atomic E-state index is 11.8. The van der Waals surface area contributed by atoms with Gasteiger partial charge in [0.15, 0.2) is 0 Å². The molecule has 2 aromatic carbocycles. The average molecular weight is 279 g/mol. The second-order valence-electron chi connectivity index (χ2n) is 4.66. The quantitative estimate of drug-likeness (QED) is 0.838. The molecule has 0 fully saturated rings. The first-order valence-electron chi connectivity index (χ1n) is 6.80. The Morgan fingerprint density at radius 2 is 1.67 bits per heavy atom. The zero-order valence-electron chi connectivity index (χ0n) is 11.6. The van der Waals surface area contributed by atoms with E-state index in [1.54, 1.807) is 0 Å². The highest BCUT2D eigenvalue weighted by molar-refractivity contribution is 5.94. The number of hydrogen-bond acceptors (Lipinski definition) is 2. The van der Waals surface area contributed by atoms with Crippen LogP contribution in [0.25, 0.3) is 0 Å². The van der Waals surface area contributed by atoms with E-state index in [1.165, 1.54) is 0 Å². The SMILES string of the molecule is O=C(C#Cc1ccccc1)N[C@@H](CO)Cc1ccccc1. The maximum Gasteiger partial charge on any atom is 0.296 e. The van der Waals surface area contributed by atoms with Crippen LogP contribution in [-0.4, -0.2) is 23.7 Å². The van der Waals surface area contributed by atoms with Crippen molar-refractivity contribution in [3.05, 3.63) is 71.8 Å². The van der Waals surface area contributed by atoms with Crippen LogP contribution in [-0.2, 0) is 11.2 Å². The Bertz CT molecular complexity index is 627. The first kappa shape index (κ1) is 14.8. The van der Waals surface area contributed by atoms with Gasteiger partial charge in [-0.1, -0.05) is 54.5 Å². The van der Waals surface area contributed by atoms with Crippen molar-refractivity contribution in [1.29, 1.82) is 0 Å². The normalized spacial score (nSPS) is 11.1. The van der Waals surface area contributed by atoms with Gasteiger partial charge in [-0.25, -0.2) is 0 Å². The van der Waals surface area contributed by atoms with E-state index in [4.69, 9.17) is 0 Å². The summed E-state index contributed by atoms with van der Waals surface area (Å²) in [7, 11) is 0. The van der Waals surface area contributed by atoms with Crippen LogP contribution in [0.1, 0.15) is 11.1 Å². The lowest BCUT2D eigenvalue weighted by atomic mass is 10.1. The third kappa shape index (κ3) is 5.13. The molecular formula is C18H17NO2. The summed E-state index contributed by atoms with van der Waals surface area (Å²) >= 11 is 0. The summed E-state index contributed by atoms with van der Waals surface area (Å²) in [5, 5.41) is 12.1. The van der Waals surface area contributed by atoms with Crippen molar-refractivity contribution >= 4 is 5.91 Å². The molecule has 3 nitrogen and oxygen atoms in total. The summed E-state index contributed by atoms with van der Waals surface area (Å²) < 4.78 is 0. The van der Waals surface area contributed by atoms with Gasteiger partial charge < -0.3 is 10.4 Å². The molecule has 0 radical (unpaired) electrons. The maximum atomic E-state index is 11.8. The van der Waals surface area contributed by atoms with Gasteiger partial charge in [0, 0.05) is 11.5 Å². The molecule has 0 heterocycles. The van der Waals surface area contributed by atoms with E-state index in [-0.39, 0.29) is 18.6 Å². The van der Waals surface area contributed by atoms with Crippen LogP contribution < -0.4 is 5.32 Å². The number of rotatable bonds is 4. The van der Waals surface area contributed by atoms with E-state index < -0.39 is 0 Å². The number of aliphatic hydroxyl groups excluding tert-OH is 1. The van der Waals surface area contributed by atoms with Crippen molar-refractivity contribution < 1.29 is 9.90 Å². The lowest BCUT2D eigenvalue weighted by molar-refractivity contribution is -0.116. The highest BCUT2D eigenvalue weighted by Gasteiger charge is 2.10. The number of carbonyl (C=O) groups is 1. The molecule has 2 rings (SSSR count). The second kappa shape index (κ2) is 7.88. The molecule has 0 saturated heterocycles. The third-order valence-electron chi connectivity index (χ3n) is 2.97. The lowest BCUT2D eigenvalue weighted by Gasteiger charge is -2.14. The molecule has 0 aliphatic heterocycles. The van der Waals surface area contributed by atoms with Gasteiger partial charge in [0.25, 0.3) is 5.91 Å². The van der Waals surface area contributed by atoms with Crippen LogP contribution in [0, 0.1) is 11.8 Å². The highest BCUT2D eigenvalue weighted by atomic mass is 16.3. The molecule has 0 aromatic heterocycles. The van der Waals surface area contributed by atoms with Gasteiger partial charge in [-0.15, -0.1) is 0 Å². The molecule has 2 aromatic rings. The monoisotopic (exact) mass is 279 g/mol. The van der Waals surface area contributed by atoms with Gasteiger partial charge in [0.1, 0.15) is 0 Å². The molecule has 1 atom stereocenters. The number of aliphatic hydroxyl groups is 1. The van der Waals surface area contributed by atoms with Crippen molar-refractivity contribution in [3.63, 3.8) is 0 Å². The molecule has 2 N–H and O–H groups in total. The summed E-state index contributed by atoms with van der Waals surface area (Å²) in [6, 6.07) is 18.7. The molecule has 0 spiro atoms. The van der Waals surface area contributed by atoms with E-state index in [2.05, 4.69) is 17.2 Å². The molecule has 0 unspecified atom stereocenters. The van der Waals surface area contributed by atoms with Crippen LogP contribution in [0.2, 0.25) is 0 Å². The first-order chi connectivity index (χ1) is 10.3. The summed E-state index contributed by atoms with van der Waals surface area (Å²) in [5.74, 6) is 4.95. The van der Waals surface area contributed by atoms with Gasteiger partial charge in [-0.05, 0) is 24.1 Å². The summed E-state index contributed by atoms with van der Waals surface area (Å²) in [5.41, 5.74) is 1.85. The Hall–Kier alpha value is -2.57. The minimum atomic E-state index is -0.381. The Balaban J connectivity index is 1.93. The molecule has 0 saturated carbocycles. The summed E-state index contributed by atoms with van der Waals surface area (Å²) in [4.78, 5) is 11.8. The molecule has 0 aliphatic rings. The zero-order valence-corrected chi connectivity index (χ0v) is 11.6. The van der Waals surface area contributed by atoms with Crippen LogP contribution >= 0.6 is 0 Å². The molecule has 106 valence electrons. The zero-order chi connectivity index (χ0) is 14.9. The molecular weight excluding hydrogens is 262 g/mol. The Labute approximate surface area is 124 Å². The number of nitrogens with one attached hydrogen (secondary N) is 1. The topological polar surface area (TPSA) is 49.3 Å². The number of amides is 1.